The molecule has 0 atom stereocenters. The Hall–Kier alpha value is -2.31. The van der Waals surface area contributed by atoms with Crippen molar-refractivity contribution in [2.24, 2.45) is 0 Å². The maximum atomic E-state index is 13.0. The highest BCUT2D eigenvalue weighted by Crippen LogP contribution is 2.13. The summed E-state index contributed by atoms with van der Waals surface area (Å²) in [5.74, 6) is -2.75. The number of rotatable bonds is 4. The van der Waals surface area contributed by atoms with E-state index in [1.54, 1.807) is 6.92 Å². The highest BCUT2D eigenvalue weighted by atomic mass is 19.2. The molecule has 1 aromatic heterocycles. The van der Waals surface area contributed by atoms with Crippen LogP contribution in [-0.2, 0) is 11.2 Å². The molecule has 0 aliphatic carbocycles. The Labute approximate surface area is 107 Å². The van der Waals surface area contributed by atoms with Crippen LogP contribution in [-0.4, -0.2) is 22.8 Å². The number of benzene rings is 1. The molecule has 0 spiro atoms. The van der Waals surface area contributed by atoms with Gasteiger partial charge < -0.3 is 9.15 Å². The molecular formula is C12H10F2N2O3. The zero-order chi connectivity index (χ0) is 13.8. The molecule has 19 heavy (non-hydrogen) atoms. The smallest absolute Gasteiger partial charge is 0.396 e. The molecule has 0 bridgehead atoms. The van der Waals surface area contributed by atoms with Crippen LogP contribution < -0.4 is 0 Å². The number of carbonyl (C=O) groups excluding carboxylic acids is 1. The largest absolute Gasteiger partial charge is 0.459 e. The van der Waals surface area contributed by atoms with Gasteiger partial charge in [-0.15, -0.1) is 10.2 Å². The predicted molar refractivity (Wildman–Crippen MR) is 59.4 cm³/mol. The second-order valence-electron chi connectivity index (χ2n) is 3.65. The second kappa shape index (κ2) is 5.55. The van der Waals surface area contributed by atoms with Crippen LogP contribution in [0.3, 0.4) is 0 Å². The molecule has 0 N–H and O–H groups in total. The number of aromatic nitrogens is 2. The first-order valence-corrected chi connectivity index (χ1v) is 5.53. The third-order valence-corrected chi connectivity index (χ3v) is 2.26. The second-order valence-corrected chi connectivity index (χ2v) is 3.65. The van der Waals surface area contributed by atoms with Gasteiger partial charge in [0.15, 0.2) is 11.6 Å². The zero-order valence-corrected chi connectivity index (χ0v) is 10.0. The van der Waals surface area contributed by atoms with Crippen molar-refractivity contribution in [3.8, 4) is 0 Å². The molecule has 0 aliphatic heterocycles. The monoisotopic (exact) mass is 268 g/mol. The summed E-state index contributed by atoms with van der Waals surface area (Å²) in [4.78, 5) is 11.3. The van der Waals surface area contributed by atoms with Gasteiger partial charge in [-0.05, 0) is 24.6 Å². The van der Waals surface area contributed by atoms with Gasteiger partial charge in [-0.3, -0.25) is 0 Å². The summed E-state index contributed by atoms with van der Waals surface area (Å²) in [5.41, 5.74) is 0.456. The maximum absolute atomic E-state index is 13.0. The third-order valence-electron chi connectivity index (χ3n) is 2.26. The lowest BCUT2D eigenvalue weighted by Crippen LogP contribution is -2.04. The first-order chi connectivity index (χ1) is 9.10. The van der Waals surface area contributed by atoms with E-state index in [0.717, 1.165) is 12.1 Å². The van der Waals surface area contributed by atoms with Gasteiger partial charge in [0.25, 0.3) is 0 Å². The van der Waals surface area contributed by atoms with Gasteiger partial charge in [0.05, 0.1) is 13.0 Å². The number of hydrogen-bond acceptors (Lipinski definition) is 5. The van der Waals surface area contributed by atoms with E-state index in [9.17, 15) is 13.6 Å². The minimum atomic E-state index is -0.956. The first-order valence-electron chi connectivity index (χ1n) is 5.53. The van der Waals surface area contributed by atoms with Gasteiger partial charge in [-0.25, -0.2) is 13.6 Å². The van der Waals surface area contributed by atoms with Gasteiger partial charge in [-0.1, -0.05) is 6.07 Å². The van der Waals surface area contributed by atoms with Gasteiger partial charge in [0, 0.05) is 0 Å². The van der Waals surface area contributed by atoms with E-state index in [2.05, 4.69) is 14.9 Å². The fraction of sp³-hybridized carbons (Fsp3) is 0.250. The summed E-state index contributed by atoms with van der Waals surface area (Å²) >= 11 is 0. The van der Waals surface area contributed by atoms with Crippen LogP contribution in [0.25, 0.3) is 0 Å². The third kappa shape index (κ3) is 3.12. The molecule has 0 unspecified atom stereocenters. The summed E-state index contributed by atoms with van der Waals surface area (Å²) in [6, 6.07) is 3.43. The SMILES string of the molecule is CCOC(=O)c1nnc(Cc2ccc(F)c(F)c2)o1. The Bertz CT molecular complexity index is 598. The summed E-state index contributed by atoms with van der Waals surface area (Å²) < 4.78 is 35.5. The number of halogens is 2. The van der Waals surface area contributed by atoms with E-state index in [1.165, 1.54) is 6.07 Å². The highest BCUT2D eigenvalue weighted by molar-refractivity contribution is 5.83. The average molecular weight is 268 g/mol. The number of hydrogen-bond donors (Lipinski definition) is 0. The summed E-state index contributed by atoms with van der Waals surface area (Å²) in [6.45, 7) is 1.84. The quantitative estimate of drug-likeness (QED) is 0.794. The summed E-state index contributed by atoms with van der Waals surface area (Å²) in [5, 5.41) is 7.15. The number of esters is 1. The summed E-state index contributed by atoms with van der Waals surface area (Å²) in [6.07, 6.45) is 0.101. The number of ether oxygens (including phenoxy) is 1. The van der Waals surface area contributed by atoms with E-state index in [4.69, 9.17) is 4.42 Å². The van der Waals surface area contributed by atoms with E-state index in [-0.39, 0.29) is 24.8 Å². The lowest BCUT2D eigenvalue weighted by molar-refractivity contribution is 0.0479. The van der Waals surface area contributed by atoms with Crippen molar-refractivity contribution in [2.45, 2.75) is 13.3 Å². The predicted octanol–water partition coefficient (Wildman–Crippen LogP) is 2.12. The summed E-state index contributed by atoms with van der Waals surface area (Å²) in [7, 11) is 0. The van der Waals surface area contributed by atoms with Crippen LogP contribution in [0.1, 0.15) is 29.1 Å². The Morgan fingerprint density at radius 3 is 2.79 bits per heavy atom. The van der Waals surface area contributed by atoms with Gasteiger partial charge in [0.2, 0.25) is 5.89 Å². The molecule has 2 rings (SSSR count). The Kier molecular flexibility index (Phi) is 3.84. The van der Waals surface area contributed by atoms with Crippen LogP contribution in [0, 0.1) is 11.6 Å². The van der Waals surface area contributed by atoms with Crippen LogP contribution in [0.2, 0.25) is 0 Å². The van der Waals surface area contributed by atoms with Crippen LogP contribution in [0.5, 0.6) is 0 Å². The van der Waals surface area contributed by atoms with Crippen LogP contribution >= 0.6 is 0 Å². The molecule has 5 nitrogen and oxygen atoms in total. The van der Waals surface area contributed by atoms with E-state index in [0.29, 0.717) is 5.56 Å². The van der Waals surface area contributed by atoms with Crippen molar-refractivity contribution < 1.29 is 22.7 Å². The molecule has 0 saturated carbocycles. The topological polar surface area (TPSA) is 65.2 Å². The standard InChI is InChI=1S/C12H10F2N2O3/c1-2-18-12(17)11-16-15-10(19-11)6-7-3-4-8(13)9(14)5-7/h3-5H,2,6H2,1H3. The molecule has 2 aromatic rings. The van der Waals surface area contributed by atoms with E-state index in [1.807, 2.05) is 0 Å². The lowest BCUT2D eigenvalue weighted by atomic mass is 10.1. The van der Waals surface area contributed by atoms with Crippen molar-refractivity contribution in [3.63, 3.8) is 0 Å². The number of carbonyl (C=O) groups is 1. The fourth-order valence-corrected chi connectivity index (χ4v) is 1.42. The lowest BCUT2D eigenvalue weighted by Gasteiger charge is -1.98. The molecule has 0 radical (unpaired) electrons. The molecule has 0 amide bonds. The highest BCUT2D eigenvalue weighted by Gasteiger charge is 2.16. The normalized spacial score (nSPS) is 10.5. The molecule has 0 fully saturated rings. The average Bonchev–Trinajstić information content (AvgIpc) is 2.83. The Morgan fingerprint density at radius 1 is 1.32 bits per heavy atom. The van der Waals surface area contributed by atoms with Crippen LogP contribution in [0.15, 0.2) is 22.6 Å². The van der Waals surface area contributed by atoms with Gasteiger partial charge in [-0.2, -0.15) is 0 Å². The zero-order valence-electron chi connectivity index (χ0n) is 10.0. The molecular weight excluding hydrogens is 258 g/mol. The van der Waals surface area contributed by atoms with Crippen molar-refractivity contribution in [2.75, 3.05) is 6.61 Å². The van der Waals surface area contributed by atoms with E-state index < -0.39 is 17.6 Å². The number of nitrogens with zero attached hydrogens (tertiary/aromatic N) is 2. The maximum Gasteiger partial charge on any atom is 0.396 e. The minimum Gasteiger partial charge on any atom is -0.459 e. The van der Waals surface area contributed by atoms with Crippen molar-refractivity contribution in [3.05, 3.63) is 47.2 Å². The minimum absolute atomic E-state index is 0.101. The molecule has 0 saturated heterocycles. The molecule has 7 heteroatoms. The fourth-order valence-electron chi connectivity index (χ4n) is 1.42. The van der Waals surface area contributed by atoms with Crippen molar-refractivity contribution >= 4 is 5.97 Å². The molecule has 1 heterocycles. The Balaban J connectivity index is 2.11. The molecule has 1 aromatic carbocycles. The van der Waals surface area contributed by atoms with Crippen molar-refractivity contribution in [1.29, 1.82) is 0 Å². The van der Waals surface area contributed by atoms with E-state index >= 15 is 0 Å². The Morgan fingerprint density at radius 2 is 2.11 bits per heavy atom. The first kappa shape index (κ1) is 13.1. The van der Waals surface area contributed by atoms with Crippen molar-refractivity contribution in [1.82, 2.24) is 10.2 Å². The van der Waals surface area contributed by atoms with Gasteiger partial charge in [0.1, 0.15) is 0 Å². The van der Waals surface area contributed by atoms with Gasteiger partial charge >= 0.3 is 11.9 Å². The molecule has 0 aliphatic rings. The molecule has 100 valence electrons. The van der Waals surface area contributed by atoms with Crippen LogP contribution in [0.4, 0.5) is 8.78 Å².